The van der Waals surface area contributed by atoms with Crippen LogP contribution < -0.4 is 10.1 Å². The van der Waals surface area contributed by atoms with E-state index >= 15 is 0 Å². The molecule has 1 aromatic heterocycles. The van der Waals surface area contributed by atoms with Crippen LogP contribution >= 0.6 is 11.6 Å². The molecule has 2 aromatic rings. The third kappa shape index (κ3) is 3.21. The van der Waals surface area contributed by atoms with E-state index in [2.05, 4.69) is 5.32 Å². The zero-order chi connectivity index (χ0) is 16.4. The number of methoxy groups -OCH3 is 1. The first kappa shape index (κ1) is 15.9. The Balaban J connectivity index is 1.77. The van der Waals surface area contributed by atoms with E-state index in [1.54, 1.807) is 30.3 Å². The number of nitrogens with one attached hydrogen (secondary N) is 1. The lowest BCUT2D eigenvalue weighted by Gasteiger charge is -2.26. The molecule has 1 aliphatic rings. The molecule has 1 heterocycles. The largest absolute Gasteiger partial charge is 0.496 e. The second kappa shape index (κ2) is 6.26. The maximum atomic E-state index is 12.4. The SMILES string of the molecule is COc1ccc(Cl)cc1C(=O)NCC(O)(c1ccco1)C1CC1. The quantitative estimate of drug-likeness (QED) is 0.851. The minimum atomic E-state index is -1.19. The standard InChI is InChI=1S/C17H18ClNO4/c1-22-14-7-6-12(18)9-13(14)16(20)19-10-17(21,11-4-5-11)15-3-2-8-23-15/h2-3,6-9,11,21H,4-5,10H2,1H3,(H,19,20). The lowest BCUT2D eigenvalue weighted by molar-refractivity contribution is -0.00613. The number of rotatable bonds is 6. The van der Waals surface area contributed by atoms with Gasteiger partial charge in [0.05, 0.1) is 25.5 Å². The maximum Gasteiger partial charge on any atom is 0.255 e. The second-order valence-corrected chi connectivity index (χ2v) is 6.14. The summed E-state index contributed by atoms with van der Waals surface area (Å²) < 4.78 is 10.5. The van der Waals surface area contributed by atoms with E-state index in [1.807, 2.05) is 0 Å². The predicted octanol–water partition coefficient (Wildman–Crippen LogP) is 2.97. The molecule has 1 fully saturated rings. The number of hydrogen-bond acceptors (Lipinski definition) is 4. The fraction of sp³-hybridized carbons (Fsp3) is 0.353. The van der Waals surface area contributed by atoms with Crippen molar-refractivity contribution in [1.82, 2.24) is 5.32 Å². The summed E-state index contributed by atoms with van der Waals surface area (Å²) in [6, 6.07) is 8.28. The van der Waals surface area contributed by atoms with Gasteiger partial charge < -0.3 is 19.6 Å². The Labute approximate surface area is 139 Å². The van der Waals surface area contributed by atoms with E-state index in [1.165, 1.54) is 13.4 Å². The topological polar surface area (TPSA) is 71.7 Å². The Morgan fingerprint density at radius 1 is 1.48 bits per heavy atom. The molecule has 0 radical (unpaired) electrons. The van der Waals surface area contributed by atoms with E-state index < -0.39 is 5.60 Å². The Bertz CT molecular complexity index is 697. The number of benzene rings is 1. The van der Waals surface area contributed by atoms with Crippen molar-refractivity contribution in [3.8, 4) is 5.75 Å². The zero-order valence-corrected chi connectivity index (χ0v) is 13.5. The number of halogens is 1. The summed E-state index contributed by atoms with van der Waals surface area (Å²) in [5, 5.41) is 14.1. The molecule has 122 valence electrons. The minimum absolute atomic E-state index is 0.0691. The molecule has 23 heavy (non-hydrogen) atoms. The molecule has 2 N–H and O–H groups in total. The van der Waals surface area contributed by atoms with Crippen molar-refractivity contribution in [3.05, 3.63) is 52.9 Å². The average Bonchev–Trinajstić information content (AvgIpc) is 3.27. The van der Waals surface area contributed by atoms with E-state index in [9.17, 15) is 9.90 Å². The van der Waals surface area contributed by atoms with Crippen molar-refractivity contribution in [2.24, 2.45) is 5.92 Å². The monoisotopic (exact) mass is 335 g/mol. The third-order valence-corrected chi connectivity index (χ3v) is 4.36. The summed E-state index contributed by atoms with van der Waals surface area (Å²) in [5.74, 6) is 0.642. The van der Waals surface area contributed by atoms with Crippen molar-refractivity contribution < 1.29 is 19.1 Å². The molecule has 0 saturated heterocycles. The second-order valence-electron chi connectivity index (χ2n) is 5.70. The first-order valence-corrected chi connectivity index (χ1v) is 7.80. The maximum absolute atomic E-state index is 12.4. The van der Waals surface area contributed by atoms with Gasteiger partial charge in [0.2, 0.25) is 0 Å². The van der Waals surface area contributed by atoms with Crippen LogP contribution in [0, 0.1) is 5.92 Å². The molecule has 1 aliphatic carbocycles. The molecular formula is C17H18ClNO4. The zero-order valence-electron chi connectivity index (χ0n) is 12.7. The van der Waals surface area contributed by atoms with Gasteiger partial charge in [-0.1, -0.05) is 11.6 Å². The molecule has 1 unspecified atom stereocenters. The summed E-state index contributed by atoms with van der Waals surface area (Å²) >= 11 is 5.95. The molecule has 6 heteroatoms. The molecule has 1 aromatic carbocycles. The number of carbonyl (C=O) groups excluding carboxylic acids is 1. The number of amides is 1. The highest BCUT2D eigenvalue weighted by Gasteiger charge is 2.47. The molecule has 0 bridgehead atoms. The van der Waals surface area contributed by atoms with Crippen molar-refractivity contribution >= 4 is 17.5 Å². The van der Waals surface area contributed by atoms with Crippen LogP contribution in [0.2, 0.25) is 5.02 Å². The van der Waals surface area contributed by atoms with Crippen molar-refractivity contribution in [2.75, 3.05) is 13.7 Å². The molecule has 3 rings (SSSR count). The van der Waals surface area contributed by atoms with E-state index in [4.69, 9.17) is 20.8 Å². The van der Waals surface area contributed by atoms with Gasteiger partial charge in [-0.15, -0.1) is 0 Å². The molecule has 1 saturated carbocycles. The summed E-state index contributed by atoms with van der Waals surface area (Å²) in [6.07, 6.45) is 3.34. The Morgan fingerprint density at radius 2 is 2.26 bits per heavy atom. The van der Waals surface area contributed by atoms with Gasteiger partial charge in [0.1, 0.15) is 17.1 Å². The van der Waals surface area contributed by atoms with Crippen LogP contribution in [-0.2, 0) is 5.60 Å². The van der Waals surface area contributed by atoms with E-state index in [-0.39, 0.29) is 18.4 Å². The Hall–Kier alpha value is -1.98. The number of aliphatic hydroxyl groups is 1. The molecule has 5 nitrogen and oxygen atoms in total. The number of furan rings is 1. The van der Waals surface area contributed by atoms with E-state index in [0.29, 0.717) is 22.1 Å². The molecular weight excluding hydrogens is 318 g/mol. The van der Waals surface area contributed by atoms with Gasteiger partial charge in [0.25, 0.3) is 5.91 Å². The lowest BCUT2D eigenvalue weighted by atomic mass is 9.94. The van der Waals surface area contributed by atoms with E-state index in [0.717, 1.165) is 12.8 Å². The van der Waals surface area contributed by atoms with Crippen LogP contribution in [0.25, 0.3) is 0 Å². The fourth-order valence-electron chi connectivity index (χ4n) is 2.69. The van der Waals surface area contributed by atoms with Crippen LogP contribution in [-0.4, -0.2) is 24.7 Å². The molecule has 0 spiro atoms. The summed E-state index contributed by atoms with van der Waals surface area (Å²) in [7, 11) is 1.49. The van der Waals surface area contributed by atoms with Crippen molar-refractivity contribution in [1.29, 1.82) is 0 Å². The summed E-state index contributed by atoms with van der Waals surface area (Å²) in [6.45, 7) is 0.0691. The van der Waals surface area contributed by atoms with Gasteiger partial charge in [-0.2, -0.15) is 0 Å². The lowest BCUT2D eigenvalue weighted by Crippen LogP contribution is -2.42. The first-order chi connectivity index (χ1) is 11.0. The molecule has 0 aliphatic heterocycles. The van der Waals surface area contributed by atoms with Crippen molar-refractivity contribution in [3.63, 3.8) is 0 Å². The van der Waals surface area contributed by atoms with Gasteiger partial charge >= 0.3 is 0 Å². The fourth-order valence-corrected chi connectivity index (χ4v) is 2.86. The van der Waals surface area contributed by atoms with Gasteiger partial charge in [0.15, 0.2) is 0 Å². The van der Waals surface area contributed by atoms with Crippen LogP contribution in [0.15, 0.2) is 41.0 Å². The van der Waals surface area contributed by atoms with Crippen LogP contribution in [0.5, 0.6) is 5.75 Å². The Kier molecular flexibility index (Phi) is 4.33. The summed E-state index contributed by atoms with van der Waals surface area (Å²) in [5.41, 5.74) is -0.858. The van der Waals surface area contributed by atoms with Gasteiger partial charge in [-0.25, -0.2) is 0 Å². The highest BCUT2D eigenvalue weighted by molar-refractivity contribution is 6.31. The summed E-state index contributed by atoms with van der Waals surface area (Å²) in [4.78, 5) is 12.4. The molecule has 1 amide bonds. The normalized spacial score (nSPS) is 16.7. The highest BCUT2D eigenvalue weighted by Crippen LogP contribution is 2.45. The number of ether oxygens (including phenoxy) is 1. The predicted molar refractivity (Wildman–Crippen MR) is 85.7 cm³/mol. The van der Waals surface area contributed by atoms with Crippen LogP contribution in [0.4, 0.5) is 0 Å². The van der Waals surface area contributed by atoms with Gasteiger partial charge in [0, 0.05) is 5.02 Å². The van der Waals surface area contributed by atoms with Crippen molar-refractivity contribution in [2.45, 2.75) is 18.4 Å². The Morgan fingerprint density at radius 3 is 2.87 bits per heavy atom. The van der Waals surface area contributed by atoms with Crippen LogP contribution in [0.1, 0.15) is 29.0 Å². The van der Waals surface area contributed by atoms with Gasteiger partial charge in [-0.05, 0) is 49.1 Å². The van der Waals surface area contributed by atoms with Gasteiger partial charge in [-0.3, -0.25) is 4.79 Å². The minimum Gasteiger partial charge on any atom is -0.496 e. The number of carbonyl (C=O) groups is 1. The van der Waals surface area contributed by atoms with Crippen LogP contribution in [0.3, 0.4) is 0 Å². The smallest absolute Gasteiger partial charge is 0.255 e. The molecule has 1 atom stereocenters. The third-order valence-electron chi connectivity index (χ3n) is 4.13. The number of hydrogen-bond donors (Lipinski definition) is 2. The first-order valence-electron chi connectivity index (χ1n) is 7.42. The average molecular weight is 336 g/mol. The highest BCUT2D eigenvalue weighted by atomic mass is 35.5.